The average Bonchev–Trinajstić information content (AvgIpc) is 3.10. The molecule has 0 aliphatic carbocycles. The standard InChI is InChI=1S/C22H31N5O2S/c28-20-4-3-19(21(29)24-20)27-14-15-1-2-17(13-18(15)22(27)30)25-9-5-16(6-10-25)26-11-7-23-8-12-26/h1-2,13,16,19,22-23,30H,3-12,14H2,(H,24,28,29). The van der Waals surface area contributed by atoms with E-state index in [1.54, 1.807) is 0 Å². The summed E-state index contributed by atoms with van der Waals surface area (Å²) in [6, 6.07) is 7.11. The van der Waals surface area contributed by atoms with Gasteiger partial charge in [-0.2, -0.15) is 12.6 Å². The van der Waals surface area contributed by atoms with Gasteiger partial charge in [-0.25, -0.2) is 0 Å². The van der Waals surface area contributed by atoms with Gasteiger partial charge < -0.3 is 10.2 Å². The molecule has 2 atom stereocenters. The lowest BCUT2D eigenvalue weighted by Crippen LogP contribution is -2.52. The van der Waals surface area contributed by atoms with Gasteiger partial charge in [-0.3, -0.25) is 24.7 Å². The highest BCUT2D eigenvalue weighted by Crippen LogP contribution is 2.41. The van der Waals surface area contributed by atoms with E-state index in [0.29, 0.717) is 25.4 Å². The molecule has 2 N–H and O–H groups in total. The third-order valence-corrected chi connectivity index (χ3v) is 7.76. The zero-order valence-electron chi connectivity index (χ0n) is 17.3. The number of carbonyl (C=O) groups is 2. The number of fused-ring (bicyclic) bond motifs is 1. The smallest absolute Gasteiger partial charge is 0.243 e. The molecular formula is C22H31N5O2S. The van der Waals surface area contributed by atoms with Gasteiger partial charge in [0.15, 0.2) is 0 Å². The predicted octanol–water partition coefficient (Wildman–Crippen LogP) is 1.11. The van der Waals surface area contributed by atoms with E-state index in [-0.39, 0.29) is 23.2 Å². The summed E-state index contributed by atoms with van der Waals surface area (Å²) in [4.78, 5) is 31.1. The van der Waals surface area contributed by atoms with Gasteiger partial charge in [0, 0.05) is 64.0 Å². The number of imide groups is 1. The number of amides is 2. The summed E-state index contributed by atoms with van der Waals surface area (Å²) in [7, 11) is 0. The van der Waals surface area contributed by atoms with Crippen LogP contribution in [0.3, 0.4) is 0 Å². The van der Waals surface area contributed by atoms with E-state index in [9.17, 15) is 9.59 Å². The van der Waals surface area contributed by atoms with Crippen molar-refractivity contribution in [2.45, 2.75) is 49.7 Å². The Morgan fingerprint density at radius 2 is 1.77 bits per heavy atom. The molecule has 4 aliphatic heterocycles. The fourth-order valence-electron chi connectivity index (χ4n) is 5.44. The number of nitrogens with zero attached hydrogens (tertiary/aromatic N) is 3. The molecule has 2 amide bonds. The van der Waals surface area contributed by atoms with Gasteiger partial charge in [0.1, 0.15) is 0 Å². The zero-order chi connectivity index (χ0) is 20.7. The number of thiol groups is 1. The van der Waals surface area contributed by atoms with Crippen molar-refractivity contribution in [2.24, 2.45) is 0 Å². The van der Waals surface area contributed by atoms with Crippen LogP contribution in [-0.4, -0.2) is 73.0 Å². The molecule has 0 bridgehead atoms. The number of hydrogen-bond acceptors (Lipinski definition) is 7. The Morgan fingerprint density at radius 3 is 2.50 bits per heavy atom. The van der Waals surface area contributed by atoms with Crippen LogP contribution in [0.25, 0.3) is 0 Å². The van der Waals surface area contributed by atoms with Gasteiger partial charge in [-0.05, 0) is 42.5 Å². The number of rotatable bonds is 3. The molecule has 0 radical (unpaired) electrons. The van der Waals surface area contributed by atoms with E-state index in [1.807, 2.05) is 0 Å². The largest absolute Gasteiger partial charge is 0.371 e. The minimum absolute atomic E-state index is 0.109. The van der Waals surface area contributed by atoms with Crippen LogP contribution in [0.4, 0.5) is 5.69 Å². The highest BCUT2D eigenvalue weighted by molar-refractivity contribution is 7.80. The SMILES string of the molecule is O=C1CCC(N2Cc3ccc(N4CCC(N5CCNCC5)CC4)cc3C2S)C(=O)N1. The fraction of sp³-hybridized carbons (Fsp3) is 0.636. The number of carbonyl (C=O) groups excluding carboxylic acids is 2. The molecule has 0 spiro atoms. The minimum atomic E-state index is -0.282. The number of piperidine rings is 2. The van der Waals surface area contributed by atoms with Crippen molar-refractivity contribution in [1.29, 1.82) is 0 Å². The van der Waals surface area contributed by atoms with E-state index in [2.05, 4.69) is 43.5 Å². The Bertz CT molecular complexity index is 820. The van der Waals surface area contributed by atoms with Crippen molar-refractivity contribution in [3.05, 3.63) is 29.3 Å². The van der Waals surface area contributed by atoms with Crippen molar-refractivity contribution in [3.63, 3.8) is 0 Å². The highest BCUT2D eigenvalue weighted by Gasteiger charge is 2.39. The Morgan fingerprint density at radius 1 is 1.00 bits per heavy atom. The second kappa shape index (κ2) is 8.49. The molecule has 30 heavy (non-hydrogen) atoms. The van der Waals surface area contributed by atoms with Crippen LogP contribution in [0.5, 0.6) is 0 Å². The van der Waals surface area contributed by atoms with Gasteiger partial charge in [0.05, 0.1) is 11.4 Å². The summed E-state index contributed by atoms with van der Waals surface area (Å²) in [5.74, 6) is -0.358. The second-order valence-corrected chi connectivity index (χ2v) is 9.39. The van der Waals surface area contributed by atoms with Crippen molar-refractivity contribution in [3.8, 4) is 0 Å². The third-order valence-electron chi connectivity index (χ3n) is 7.18. The van der Waals surface area contributed by atoms with Crippen LogP contribution < -0.4 is 15.5 Å². The number of piperazine rings is 1. The number of nitrogens with one attached hydrogen (secondary N) is 2. The molecule has 3 fully saturated rings. The summed E-state index contributed by atoms with van der Waals surface area (Å²) in [5, 5.41) is 5.81. The van der Waals surface area contributed by atoms with Crippen LogP contribution in [0.2, 0.25) is 0 Å². The van der Waals surface area contributed by atoms with Crippen molar-refractivity contribution < 1.29 is 9.59 Å². The second-order valence-electron chi connectivity index (χ2n) is 8.90. The molecular weight excluding hydrogens is 398 g/mol. The van der Waals surface area contributed by atoms with E-state index in [0.717, 1.165) is 26.2 Å². The Labute approximate surface area is 183 Å². The molecule has 4 heterocycles. The van der Waals surface area contributed by atoms with E-state index < -0.39 is 0 Å². The van der Waals surface area contributed by atoms with Gasteiger partial charge in [-0.15, -0.1) is 0 Å². The average molecular weight is 430 g/mol. The first kappa shape index (κ1) is 20.3. The molecule has 1 aromatic carbocycles. The Kier molecular flexibility index (Phi) is 5.75. The quantitative estimate of drug-likeness (QED) is 0.494. The lowest BCUT2D eigenvalue weighted by Gasteiger charge is -2.41. The monoisotopic (exact) mass is 429 g/mol. The van der Waals surface area contributed by atoms with Crippen LogP contribution in [-0.2, 0) is 16.1 Å². The van der Waals surface area contributed by atoms with Crippen molar-refractivity contribution in [1.82, 2.24) is 20.4 Å². The summed E-state index contributed by atoms with van der Waals surface area (Å²) in [6.07, 6.45) is 3.40. The first-order chi connectivity index (χ1) is 14.6. The van der Waals surface area contributed by atoms with Crippen LogP contribution >= 0.6 is 12.6 Å². The first-order valence-corrected chi connectivity index (χ1v) is 11.7. The van der Waals surface area contributed by atoms with Gasteiger partial charge in [0.2, 0.25) is 11.8 Å². The summed E-state index contributed by atoms with van der Waals surface area (Å²) >= 11 is 4.86. The Hall–Kier alpha value is -1.61. The minimum Gasteiger partial charge on any atom is -0.371 e. The molecule has 1 aromatic rings. The van der Waals surface area contributed by atoms with Gasteiger partial charge >= 0.3 is 0 Å². The topological polar surface area (TPSA) is 67.9 Å². The molecule has 5 rings (SSSR count). The third kappa shape index (κ3) is 3.86. The maximum atomic E-state index is 12.3. The lowest BCUT2D eigenvalue weighted by molar-refractivity contribution is -0.137. The van der Waals surface area contributed by atoms with Crippen molar-refractivity contribution in [2.75, 3.05) is 44.2 Å². The predicted molar refractivity (Wildman–Crippen MR) is 120 cm³/mol. The molecule has 0 aromatic heterocycles. The summed E-state index contributed by atoms with van der Waals surface area (Å²) in [6.45, 7) is 7.43. The molecule has 2 unspecified atom stereocenters. The van der Waals surface area contributed by atoms with E-state index in [4.69, 9.17) is 12.6 Å². The van der Waals surface area contributed by atoms with E-state index in [1.165, 1.54) is 42.7 Å². The molecule has 8 heteroatoms. The first-order valence-electron chi connectivity index (χ1n) is 11.2. The van der Waals surface area contributed by atoms with Crippen LogP contribution in [0.1, 0.15) is 42.2 Å². The normalized spacial score (nSPS) is 29.2. The van der Waals surface area contributed by atoms with E-state index >= 15 is 0 Å². The molecule has 4 aliphatic rings. The van der Waals surface area contributed by atoms with Crippen LogP contribution in [0.15, 0.2) is 18.2 Å². The van der Waals surface area contributed by atoms with Crippen LogP contribution in [0, 0.1) is 0 Å². The maximum Gasteiger partial charge on any atom is 0.243 e. The molecule has 0 saturated carbocycles. The molecule has 7 nitrogen and oxygen atoms in total. The zero-order valence-corrected chi connectivity index (χ0v) is 18.2. The maximum absolute atomic E-state index is 12.3. The summed E-state index contributed by atoms with van der Waals surface area (Å²) in [5.41, 5.74) is 3.69. The number of anilines is 1. The molecule has 3 saturated heterocycles. The fourth-order valence-corrected chi connectivity index (χ4v) is 5.92. The number of hydrogen-bond donors (Lipinski definition) is 3. The summed E-state index contributed by atoms with van der Waals surface area (Å²) < 4.78 is 0. The highest BCUT2D eigenvalue weighted by atomic mass is 32.1. The molecule has 162 valence electrons. The van der Waals surface area contributed by atoms with Crippen molar-refractivity contribution >= 4 is 30.1 Å². The Balaban J connectivity index is 1.24. The number of benzene rings is 1. The lowest BCUT2D eigenvalue weighted by atomic mass is 10.0. The van der Waals surface area contributed by atoms with Gasteiger partial charge in [0.25, 0.3) is 0 Å². The van der Waals surface area contributed by atoms with Gasteiger partial charge in [-0.1, -0.05) is 6.07 Å².